The molecule has 0 aromatic carbocycles. The van der Waals surface area contributed by atoms with E-state index in [1.807, 2.05) is 6.92 Å². The number of allylic oxidation sites excluding steroid dienone is 1. The van der Waals surface area contributed by atoms with Gasteiger partial charge in [0, 0.05) is 11.4 Å². The molecule has 1 aromatic rings. The second-order valence-corrected chi connectivity index (χ2v) is 7.61. The first-order chi connectivity index (χ1) is 12.0. The van der Waals surface area contributed by atoms with Crippen LogP contribution < -0.4 is 0 Å². The van der Waals surface area contributed by atoms with Crippen LogP contribution in [0.2, 0.25) is 0 Å². The molecular weight excluding hydrogens is 340 g/mol. The van der Waals surface area contributed by atoms with Crippen LogP contribution in [0.4, 0.5) is 4.79 Å². The monoisotopic (exact) mass is 360 g/mol. The molecule has 0 unspecified atom stereocenters. The SMILES string of the molecule is Cc1ccc(C(=O)CN2C(=O)C(=O)N(CCC3=CCCCC3)C2=O)s1. The van der Waals surface area contributed by atoms with E-state index in [-0.39, 0.29) is 18.9 Å². The largest absolute Gasteiger partial charge is 0.334 e. The predicted octanol–water partition coefficient (Wildman–Crippen LogP) is 2.92. The highest BCUT2D eigenvalue weighted by Crippen LogP contribution is 2.22. The molecular formula is C18H20N2O4S. The molecule has 1 aliphatic heterocycles. The molecule has 3 rings (SSSR count). The molecule has 132 valence electrons. The Labute approximate surface area is 150 Å². The first kappa shape index (κ1) is 17.5. The predicted molar refractivity (Wildman–Crippen MR) is 93.4 cm³/mol. The lowest BCUT2D eigenvalue weighted by atomic mass is 9.97. The number of carbonyl (C=O) groups excluding carboxylic acids is 4. The number of hydrogen-bond acceptors (Lipinski definition) is 5. The zero-order valence-corrected chi connectivity index (χ0v) is 14.9. The van der Waals surface area contributed by atoms with E-state index in [9.17, 15) is 19.2 Å². The summed E-state index contributed by atoms with van der Waals surface area (Å²) in [5.41, 5.74) is 1.22. The second kappa shape index (κ2) is 7.31. The van der Waals surface area contributed by atoms with Crippen molar-refractivity contribution < 1.29 is 19.2 Å². The number of hydrogen-bond donors (Lipinski definition) is 0. The summed E-state index contributed by atoms with van der Waals surface area (Å²) in [4.78, 5) is 52.0. The molecule has 0 radical (unpaired) electrons. The molecule has 1 aromatic heterocycles. The Morgan fingerprint density at radius 2 is 1.88 bits per heavy atom. The van der Waals surface area contributed by atoms with Gasteiger partial charge in [-0.05, 0) is 51.2 Å². The van der Waals surface area contributed by atoms with Crippen LogP contribution in [-0.4, -0.2) is 46.5 Å². The Morgan fingerprint density at radius 3 is 2.52 bits per heavy atom. The Morgan fingerprint density at radius 1 is 1.12 bits per heavy atom. The topological polar surface area (TPSA) is 74.8 Å². The van der Waals surface area contributed by atoms with Gasteiger partial charge in [0.05, 0.1) is 11.4 Å². The normalized spacial score (nSPS) is 18.1. The van der Waals surface area contributed by atoms with Gasteiger partial charge in [-0.3, -0.25) is 19.3 Å². The molecule has 0 atom stereocenters. The maximum atomic E-state index is 12.4. The number of ketones is 1. The Hall–Kier alpha value is -2.28. The van der Waals surface area contributed by atoms with Crippen LogP contribution in [0.1, 0.15) is 46.7 Å². The van der Waals surface area contributed by atoms with E-state index in [0.717, 1.165) is 33.9 Å². The summed E-state index contributed by atoms with van der Waals surface area (Å²) in [7, 11) is 0. The molecule has 2 heterocycles. The quantitative estimate of drug-likeness (QED) is 0.338. The maximum Gasteiger partial charge on any atom is 0.334 e. The van der Waals surface area contributed by atoms with E-state index in [0.29, 0.717) is 11.3 Å². The number of rotatable bonds is 6. The highest BCUT2D eigenvalue weighted by atomic mass is 32.1. The third-order valence-corrected chi connectivity index (χ3v) is 5.54. The second-order valence-electron chi connectivity index (χ2n) is 6.32. The molecule has 0 N–H and O–H groups in total. The molecule has 1 saturated heterocycles. The van der Waals surface area contributed by atoms with Crippen LogP contribution in [0.3, 0.4) is 0 Å². The van der Waals surface area contributed by atoms with Crippen LogP contribution in [0.15, 0.2) is 23.8 Å². The summed E-state index contributed by atoms with van der Waals surface area (Å²) >= 11 is 1.31. The summed E-state index contributed by atoms with van der Waals surface area (Å²) in [5.74, 6) is -2.08. The minimum Gasteiger partial charge on any atom is -0.291 e. The van der Waals surface area contributed by atoms with Gasteiger partial charge in [0.1, 0.15) is 0 Å². The van der Waals surface area contributed by atoms with Gasteiger partial charge in [0.2, 0.25) is 0 Å². The van der Waals surface area contributed by atoms with E-state index in [1.54, 1.807) is 12.1 Å². The number of Topliss-reactive ketones (excluding diaryl/α,β-unsaturated/α-hetero) is 1. The van der Waals surface area contributed by atoms with Crippen LogP contribution >= 0.6 is 11.3 Å². The van der Waals surface area contributed by atoms with Crippen molar-refractivity contribution >= 4 is 35.0 Å². The molecule has 4 amide bonds. The molecule has 25 heavy (non-hydrogen) atoms. The van der Waals surface area contributed by atoms with Crippen molar-refractivity contribution in [1.29, 1.82) is 0 Å². The van der Waals surface area contributed by atoms with Gasteiger partial charge >= 0.3 is 17.8 Å². The maximum absolute atomic E-state index is 12.4. The highest BCUT2D eigenvalue weighted by Gasteiger charge is 2.45. The lowest BCUT2D eigenvalue weighted by molar-refractivity contribution is -0.143. The Kier molecular flexibility index (Phi) is 5.13. The molecule has 7 heteroatoms. The molecule has 2 aliphatic rings. The first-order valence-corrected chi connectivity index (χ1v) is 9.24. The summed E-state index contributed by atoms with van der Waals surface area (Å²) in [6.45, 7) is 1.68. The standard InChI is InChI=1S/C18H20N2O4S/c1-12-7-8-15(25-12)14(21)11-20-17(23)16(22)19(18(20)24)10-9-13-5-3-2-4-6-13/h5,7-8H,2-4,6,9-11H2,1H3. The lowest BCUT2D eigenvalue weighted by Gasteiger charge is -2.17. The summed E-state index contributed by atoms with van der Waals surface area (Å²) in [6.07, 6.45) is 7.03. The fourth-order valence-electron chi connectivity index (χ4n) is 3.08. The fourth-order valence-corrected chi connectivity index (χ4v) is 3.88. The molecule has 1 aliphatic carbocycles. The Balaban J connectivity index is 1.64. The van der Waals surface area contributed by atoms with Crippen molar-refractivity contribution in [2.75, 3.05) is 13.1 Å². The van der Waals surface area contributed by atoms with E-state index in [1.165, 1.54) is 23.3 Å². The Bertz CT molecular complexity index is 765. The minimum atomic E-state index is -0.913. The summed E-state index contributed by atoms with van der Waals surface area (Å²) in [6, 6.07) is 2.79. The summed E-state index contributed by atoms with van der Waals surface area (Å²) < 4.78 is 0. The molecule has 1 fully saturated rings. The van der Waals surface area contributed by atoms with Gasteiger partial charge in [-0.15, -0.1) is 11.3 Å². The van der Waals surface area contributed by atoms with Gasteiger partial charge in [-0.2, -0.15) is 0 Å². The van der Waals surface area contributed by atoms with Crippen LogP contribution in [0, 0.1) is 6.92 Å². The average molecular weight is 360 g/mol. The van der Waals surface area contributed by atoms with E-state index < -0.39 is 17.8 Å². The highest BCUT2D eigenvalue weighted by molar-refractivity contribution is 7.14. The number of imide groups is 2. The van der Waals surface area contributed by atoms with Crippen molar-refractivity contribution in [3.63, 3.8) is 0 Å². The van der Waals surface area contributed by atoms with Gasteiger partial charge < -0.3 is 0 Å². The van der Waals surface area contributed by atoms with E-state index >= 15 is 0 Å². The van der Waals surface area contributed by atoms with Crippen LogP contribution in [0.25, 0.3) is 0 Å². The van der Waals surface area contributed by atoms with Gasteiger partial charge in [0.25, 0.3) is 0 Å². The van der Waals surface area contributed by atoms with Crippen molar-refractivity contribution in [2.45, 2.75) is 39.0 Å². The van der Waals surface area contributed by atoms with E-state index in [2.05, 4.69) is 6.08 Å². The molecule has 0 spiro atoms. The lowest BCUT2D eigenvalue weighted by Crippen LogP contribution is -2.37. The number of thiophene rings is 1. The van der Waals surface area contributed by atoms with Gasteiger partial charge in [0.15, 0.2) is 5.78 Å². The summed E-state index contributed by atoms with van der Waals surface area (Å²) in [5, 5.41) is 0. The number of amides is 4. The van der Waals surface area contributed by atoms with Gasteiger partial charge in [-0.1, -0.05) is 11.6 Å². The first-order valence-electron chi connectivity index (χ1n) is 8.42. The number of carbonyl (C=O) groups is 4. The third-order valence-electron chi connectivity index (χ3n) is 4.49. The van der Waals surface area contributed by atoms with Crippen molar-refractivity contribution in [2.24, 2.45) is 0 Å². The van der Waals surface area contributed by atoms with E-state index in [4.69, 9.17) is 0 Å². The molecule has 0 bridgehead atoms. The van der Waals surface area contributed by atoms with Crippen molar-refractivity contribution in [3.8, 4) is 0 Å². The fraction of sp³-hybridized carbons (Fsp3) is 0.444. The van der Waals surface area contributed by atoms with Crippen LogP contribution in [0.5, 0.6) is 0 Å². The smallest absolute Gasteiger partial charge is 0.291 e. The number of aryl methyl sites for hydroxylation is 1. The number of nitrogens with zero attached hydrogens (tertiary/aromatic N) is 2. The minimum absolute atomic E-state index is 0.193. The van der Waals surface area contributed by atoms with Gasteiger partial charge in [-0.25, -0.2) is 9.69 Å². The van der Waals surface area contributed by atoms with Crippen molar-refractivity contribution in [1.82, 2.24) is 9.80 Å². The van der Waals surface area contributed by atoms with Crippen molar-refractivity contribution in [3.05, 3.63) is 33.5 Å². The zero-order chi connectivity index (χ0) is 18.0. The van der Waals surface area contributed by atoms with Crippen LogP contribution in [-0.2, 0) is 9.59 Å². The zero-order valence-electron chi connectivity index (χ0n) is 14.1. The molecule has 0 saturated carbocycles. The average Bonchev–Trinajstić information content (AvgIpc) is 3.13. The molecule has 6 nitrogen and oxygen atoms in total. The third kappa shape index (κ3) is 3.71. The number of urea groups is 1.